The van der Waals surface area contributed by atoms with Gasteiger partial charge < -0.3 is 4.90 Å². The Balaban J connectivity index is 1.55. The smallest absolute Gasteiger partial charge is 0.201 e. The summed E-state index contributed by atoms with van der Waals surface area (Å²) < 4.78 is 1.79. The number of aryl methyl sites for hydroxylation is 1. The average molecular weight is 337 g/mol. The SMILES string of the molecule is Cc1nn2cnnc2c(N2CCCN(Cc3ccccn3)CC2)c1C. The number of rotatable bonds is 3. The molecule has 4 heterocycles. The lowest BCUT2D eigenvalue weighted by Gasteiger charge is -2.25. The molecule has 3 aromatic heterocycles. The van der Waals surface area contributed by atoms with Gasteiger partial charge in [0.05, 0.1) is 17.1 Å². The first kappa shape index (κ1) is 16.0. The van der Waals surface area contributed by atoms with Crippen LogP contribution in [0.3, 0.4) is 0 Å². The molecule has 0 bridgehead atoms. The monoisotopic (exact) mass is 337 g/mol. The highest BCUT2D eigenvalue weighted by atomic mass is 15.4. The fraction of sp³-hybridized carbons (Fsp3) is 0.444. The van der Waals surface area contributed by atoms with Crippen molar-refractivity contribution < 1.29 is 0 Å². The Labute approximate surface area is 147 Å². The van der Waals surface area contributed by atoms with E-state index in [0.29, 0.717) is 0 Å². The molecule has 4 rings (SSSR count). The van der Waals surface area contributed by atoms with Crippen LogP contribution in [-0.4, -0.2) is 55.9 Å². The number of pyridine rings is 1. The van der Waals surface area contributed by atoms with Gasteiger partial charge in [-0.3, -0.25) is 9.88 Å². The lowest BCUT2D eigenvalue weighted by atomic mass is 10.2. The van der Waals surface area contributed by atoms with Gasteiger partial charge in [0.2, 0.25) is 5.65 Å². The van der Waals surface area contributed by atoms with Crippen LogP contribution in [0.25, 0.3) is 5.65 Å². The van der Waals surface area contributed by atoms with Crippen LogP contribution < -0.4 is 4.90 Å². The zero-order valence-electron chi connectivity index (χ0n) is 14.8. The van der Waals surface area contributed by atoms with Gasteiger partial charge in [-0.05, 0) is 38.0 Å². The molecule has 0 aliphatic carbocycles. The Morgan fingerprint density at radius 3 is 2.84 bits per heavy atom. The lowest BCUT2D eigenvalue weighted by Crippen LogP contribution is -2.31. The average Bonchev–Trinajstić information content (AvgIpc) is 2.95. The quantitative estimate of drug-likeness (QED) is 0.727. The minimum atomic E-state index is 0.848. The molecule has 1 aliphatic heterocycles. The molecule has 0 N–H and O–H groups in total. The molecule has 7 heteroatoms. The number of nitrogens with zero attached hydrogens (tertiary/aromatic N) is 7. The van der Waals surface area contributed by atoms with E-state index in [-0.39, 0.29) is 0 Å². The minimum absolute atomic E-state index is 0.848. The molecule has 7 nitrogen and oxygen atoms in total. The second kappa shape index (κ2) is 6.76. The molecule has 130 valence electrons. The minimum Gasteiger partial charge on any atom is -0.367 e. The molecule has 0 unspecified atom stereocenters. The van der Waals surface area contributed by atoms with E-state index >= 15 is 0 Å². The van der Waals surface area contributed by atoms with E-state index in [1.54, 1.807) is 10.8 Å². The van der Waals surface area contributed by atoms with Crippen molar-refractivity contribution in [2.45, 2.75) is 26.8 Å². The Kier molecular flexibility index (Phi) is 4.31. The van der Waals surface area contributed by atoms with Crippen LogP contribution in [-0.2, 0) is 6.54 Å². The Morgan fingerprint density at radius 2 is 2.00 bits per heavy atom. The fourth-order valence-electron chi connectivity index (χ4n) is 3.49. The molecule has 1 aliphatic rings. The maximum Gasteiger partial charge on any atom is 0.201 e. The fourth-order valence-corrected chi connectivity index (χ4v) is 3.49. The third kappa shape index (κ3) is 3.19. The van der Waals surface area contributed by atoms with E-state index < -0.39 is 0 Å². The highest BCUT2D eigenvalue weighted by Crippen LogP contribution is 2.27. The van der Waals surface area contributed by atoms with Crippen LogP contribution in [0.15, 0.2) is 30.7 Å². The predicted molar refractivity (Wildman–Crippen MR) is 96.6 cm³/mol. The summed E-state index contributed by atoms with van der Waals surface area (Å²) in [5, 5.41) is 12.9. The van der Waals surface area contributed by atoms with Gasteiger partial charge in [0.25, 0.3) is 0 Å². The van der Waals surface area contributed by atoms with Gasteiger partial charge in [-0.1, -0.05) is 6.07 Å². The Morgan fingerprint density at radius 1 is 1.08 bits per heavy atom. The summed E-state index contributed by atoms with van der Waals surface area (Å²) in [4.78, 5) is 9.37. The van der Waals surface area contributed by atoms with Crippen LogP contribution in [0.1, 0.15) is 23.4 Å². The zero-order chi connectivity index (χ0) is 17.2. The van der Waals surface area contributed by atoms with E-state index in [9.17, 15) is 0 Å². The Bertz CT molecular complexity index is 858. The maximum atomic E-state index is 4.53. The number of anilines is 1. The molecule has 0 amide bonds. The van der Waals surface area contributed by atoms with E-state index in [4.69, 9.17) is 0 Å². The van der Waals surface area contributed by atoms with Crippen molar-refractivity contribution in [3.8, 4) is 0 Å². The van der Waals surface area contributed by atoms with Crippen LogP contribution in [0.2, 0.25) is 0 Å². The third-order valence-electron chi connectivity index (χ3n) is 4.91. The van der Waals surface area contributed by atoms with E-state index in [2.05, 4.69) is 49.1 Å². The second-order valence-corrected chi connectivity index (χ2v) is 6.60. The highest BCUT2D eigenvalue weighted by molar-refractivity contribution is 5.72. The van der Waals surface area contributed by atoms with Crippen molar-refractivity contribution in [1.29, 1.82) is 0 Å². The van der Waals surface area contributed by atoms with Crippen molar-refractivity contribution in [2.24, 2.45) is 0 Å². The Hall–Kier alpha value is -2.54. The van der Waals surface area contributed by atoms with Gasteiger partial charge in [0, 0.05) is 38.9 Å². The molecule has 0 saturated carbocycles. The van der Waals surface area contributed by atoms with Crippen molar-refractivity contribution in [2.75, 3.05) is 31.1 Å². The molecule has 1 saturated heterocycles. The van der Waals surface area contributed by atoms with Crippen LogP contribution >= 0.6 is 0 Å². The van der Waals surface area contributed by atoms with Crippen molar-refractivity contribution >= 4 is 11.3 Å². The van der Waals surface area contributed by atoms with Crippen LogP contribution in [0.4, 0.5) is 5.69 Å². The van der Waals surface area contributed by atoms with Gasteiger partial charge in [-0.2, -0.15) is 9.61 Å². The normalized spacial score (nSPS) is 16.3. The summed E-state index contributed by atoms with van der Waals surface area (Å²) in [6.07, 6.45) is 4.66. The van der Waals surface area contributed by atoms with Crippen LogP contribution in [0.5, 0.6) is 0 Å². The third-order valence-corrected chi connectivity index (χ3v) is 4.91. The largest absolute Gasteiger partial charge is 0.367 e. The standard InChI is InChI=1S/C18H23N7/c1-14-15(2)22-25-13-20-21-18(25)17(14)24-9-5-8-23(10-11-24)12-16-6-3-4-7-19-16/h3-4,6-7,13H,5,8-12H2,1-2H3. The number of fused-ring (bicyclic) bond motifs is 1. The topological polar surface area (TPSA) is 62.5 Å². The van der Waals surface area contributed by atoms with Crippen molar-refractivity contribution in [1.82, 2.24) is 29.7 Å². The van der Waals surface area contributed by atoms with E-state index in [0.717, 1.165) is 56.2 Å². The molecule has 0 spiro atoms. The molecule has 25 heavy (non-hydrogen) atoms. The van der Waals surface area contributed by atoms with Crippen LogP contribution in [0, 0.1) is 13.8 Å². The summed E-state index contributed by atoms with van der Waals surface area (Å²) in [5.41, 5.74) is 5.37. The van der Waals surface area contributed by atoms with Gasteiger partial charge in [0.1, 0.15) is 6.33 Å². The van der Waals surface area contributed by atoms with E-state index in [1.807, 2.05) is 19.2 Å². The molecular formula is C18H23N7. The summed E-state index contributed by atoms with van der Waals surface area (Å²) in [6, 6.07) is 6.11. The van der Waals surface area contributed by atoms with Gasteiger partial charge >= 0.3 is 0 Å². The van der Waals surface area contributed by atoms with E-state index in [1.165, 1.54) is 11.3 Å². The van der Waals surface area contributed by atoms with Gasteiger partial charge in [-0.15, -0.1) is 10.2 Å². The number of hydrogen-bond donors (Lipinski definition) is 0. The summed E-state index contributed by atoms with van der Waals surface area (Å²) in [7, 11) is 0. The lowest BCUT2D eigenvalue weighted by molar-refractivity contribution is 0.282. The molecule has 3 aromatic rings. The van der Waals surface area contributed by atoms with Crippen molar-refractivity contribution in [3.05, 3.63) is 47.7 Å². The first-order valence-corrected chi connectivity index (χ1v) is 8.77. The first-order valence-electron chi connectivity index (χ1n) is 8.77. The molecular weight excluding hydrogens is 314 g/mol. The summed E-state index contributed by atoms with van der Waals surface area (Å²) in [6.45, 7) is 9.16. The maximum absolute atomic E-state index is 4.53. The second-order valence-electron chi connectivity index (χ2n) is 6.60. The molecule has 0 atom stereocenters. The van der Waals surface area contributed by atoms with Crippen molar-refractivity contribution in [3.63, 3.8) is 0 Å². The zero-order valence-corrected chi connectivity index (χ0v) is 14.8. The highest BCUT2D eigenvalue weighted by Gasteiger charge is 2.21. The molecule has 1 fully saturated rings. The number of hydrogen-bond acceptors (Lipinski definition) is 6. The molecule has 0 aromatic carbocycles. The summed E-state index contributed by atoms with van der Waals surface area (Å²) in [5.74, 6) is 0. The number of aromatic nitrogens is 5. The molecule has 0 radical (unpaired) electrons. The first-order chi connectivity index (χ1) is 12.2. The predicted octanol–water partition coefficient (Wildman–Crippen LogP) is 1.85. The van der Waals surface area contributed by atoms with Gasteiger partial charge in [-0.25, -0.2) is 0 Å². The summed E-state index contributed by atoms with van der Waals surface area (Å²) >= 11 is 0. The van der Waals surface area contributed by atoms with Gasteiger partial charge in [0.15, 0.2) is 0 Å².